The number of amides is 1. The Morgan fingerprint density at radius 3 is 2.68 bits per heavy atom. The van der Waals surface area contributed by atoms with Gasteiger partial charge in [0.15, 0.2) is 0 Å². The number of likely N-dealkylation sites (tertiary alicyclic amines) is 2. The van der Waals surface area contributed by atoms with Crippen molar-refractivity contribution in [3.63, 3.8) is 0 Å². The Morgan fingerprint density at radius 1 is 1.14 bits per heavy atom. The van der Waals surface area contributed by atoms with Gasteiger partial charge < -0.3 is 5.32 Å². The van der Waals surface area contributed by atoms with Crippen LogP contribution in [0.25, 0.3) is 6.08 Å². The Labute approximate surface area is 171 Å². The highest BCUT2D eigenvalue weighted by Crippen LogP contribution is 2.22. The SMILES string of the molecule is CCN1CCCC1CNC(=O)CCC1CCN(CC=Cc2ccccc2)CC1. The highest BCUT2D eigenvalue weighted by molar-refractivity contribution is 5.75. The Balaban J connectivity index is 1.27. The molecule has 0 spiro atoms. The summed E-state index contributed by atoms with van der Waals surface area (Å²) in [4.78, 5) is 17.2. The van der Waals surface area contributed by atoms with E-state index in [2.05, 4.69) is 64.5 Å². The van der Waals surface area contributed by atoms with E-state index in [1.165, 1.54) is 37.8 Å². The van der Waals surface area contributed by atoms with Gasteiger partial charge in [-0.15, -0.1) is 0 Å². The molecule has 2 heterocycles. The third kappa shape index (κ3) is 6.75. The molecule has 28 heavy (non-hydrogen) atoms. The molecule has 3 rings (SSSR count). The second-order valence-corrected chi connectivity index (χ2v) is 8.32. The number of benzene rings is 1. The van der Waals surface area contributed by atoms with Crippen LogP contribution in [0.4, 0.5) is 0 Å². The highest BCUT2D eigenvalue weighted by Gasteiger charge is 2.23. The number of nitrogens with zero attached hydrogens (tertiary/aromatic N) is 2. The largest absolute Gasteiger partial charge is 0.355 e. The smallest absolute Gasteiger partial charge is 0.220 e. The molecule has 2 aliphatic heterocycles. The molecule has 0 saturated carbocycles. The van der Waals surface area contributed by atoms with Crippen LogP contribution in [-0.4, -0.2) is 61.0 Å². The Kier molecular flexibility index (Phi) is 8.56. The van der Waals surface area contributed by atoms with Crippen molar-refractivity contribution < 1.29 is 4.79 Å². The standard InChI is InChI=1S/C24H37N3O/c1-2-27-17-7-11-23(27)20-25-24(28)13-12-22-14-18-26(19-15-22)16-6-10-21-8-4-3-5-9-21/h3-6,8-10,22-23H,2,7,11-20H2,1H3,(H,25,28). The first-order chi connectivity index (χ1) is 13.7. The van der Waals surface area contributed by atoms with Gasteiger partial charge in [0.1, 0.15) is 0 Å². The van der Waals surface area contributed by atoms with Gasteiger partial charge in [0, 0.05) is 25.6 Å². The lowest BCUT2D eigenvalue weighted by Gasteiger charge is -2.31. The van der Waals surface area contributed by atoms with Gasteiger partial charge in [-0.25, -0.2) is 0 Å². The zero-order chi connectivity index (χ0) is 19.6. The zero-order valence-corrected chi connectivity index (χ0v) is 17.5. The van der Waals surface area contributed by atoms with Crippen molar-refractivity contribution >= 4 is 12.0 Å². The molecular formula is C24H37N3O. The van der Waals surface area contributed by atoms with E-state index >= 15 is 0 Å². The van der Waals surface area contributed by atoms with Crippen molar-refractivity contribution in [2.75, 3.05) is 39.3 Å². The van der Waals surface area contributed by atoms with Crippen molar-refractivity contribution in [2.24, 2.45) is 5.92 Å². The van der Waals surface area contributed by atoms with E-state index in [1.54, 1.807) is 0 Å². The van der Waals surface area contributed by atoms with Crippen molar-refractivity contribution in [1.82, 2.24) is 15.1 Å². The summed E-state index contributed by atoms with van der Waals surface area (Å²) in [7, 11) is 0. The second-order valence-electron chi connectivity index (χ2n) is 8.32. The monoisotopic (exact) mass is 383 g/mol. The molecule has 4 heteroatoms. The molecule has 1 unspecified atom stereocenters. The van der Waals surface area contributed by atoms with Crippen LogP contribution in [-0.2, 0) is 4.79 Å². The van der Waals surface area contributed by atoms with Gasteiger partial charge in [-0.05, 0) is 69.8 Å². The van der Waals surface area contributed by atoms with E-state index in [-0.39, 0.29) is 5.91 Å². The molecule has 0 aliphatic carbocycles. The molecule has 0 aromatic heterocycles. The summed E-state index contributed by atoms with van der Waals surface area (Å²) < 4.78 is 0. The quantitative estimate of drug-likeness (QED) is 0.705. The minimum Gasteiger partial charge on any atom is -0.355 e. The first kappa shape index (κ1) is 21.1. The Bertz CT molecular complexity index is 608. The number of likely N-dealkylation sites (N-methyl/N-ethyl adjacent to an activating group) is 1. The van der Waals surface area contributed by atoms with E-state index in [0.29, 0.717) is 18.4 Å². The first-order valence-corrected chi connectivity index (χ1v) is 11.2. The predicted molar refractivity (Wildman–Crippen MR) is 117 cm³/mol. The van der Waals surface area contributed by atoms with Crippen LogP contribution in [0.15, 0.2) is 36.4 Å². The first-order valence-electron chi connectivity index (χ1n) is 11.2. The zero-order valence-electron chi connectivity index (χ0n) is 17.5. The average molecular weight is 384 g/mol. The molecule has 1 aromatic rings. The molecule has 2 aliphatic rings. The topological polar surface area (TPSA) is 35.6 Å². The van der Waals surface area contributed by atoms with E-state index in [4.69, 9.17) is 0 Å². The highest BCUT2D eigenvalue weighted by atomic mass is 16.1. The van der Waals surface area contributed by atoms with Gasteiger partial charge in [0.2, 0.25) is 5.91 Å². The molecule has 2 fully saturated rings. The normalized spacial score (nSPS) is 22.1. The second kappa shape index (κ2) is 11.4. The molecule has 0 bridgehead atoms. The molecule has 154 valence electrons. The summed E-state index contributed by atoms with van der Waals surface area (Å²) in [6.07, 6.45) is 11.2. The molecule has 1 aromatic carbocycles. The van der Waals surface area contributed by atoms with Crippen LogP contribution in [0.2, 0.25) is 0 Å². The number of hydrogen-bond donors (Lipinski definition) is 1. The number of rotatable bonds is 9. The summed E-state index contributed by atoms with van der Waals surface area (Å²) in [6, 6.07) is 11.0. The summed E-state index contributed by atoms with van der Waals surface area (Å²) in [5.41, 5.74) is 1.27. The van der Waals surface area contributed by atoms with Gasteiger partial charge in [-0.2, -0.15) is 0 Å². The lowest BCUT2D eigenvalue weighted by Crippen LogP contribution is -2.40. The molecule has 1 N–H and O–H groups in total. The summed E-state index contributed by atoms with van der Waals surface area (Å²) in [6.45, 7) is 8.66. The maximum absolute atomic E-state index is 12.2. The number of piperidine rings is 1. The van der Waals surface area contributed by atoms with Crippen molar-refractivity contribution in [2.45, 2.75) is 51.5 Å². The maximum Gasteiger partial charge on any atom is 0.220 e. The van der Waals surface area contributed by atoms with Gasteiger partial charge in [-0.1, -0.05) is 49.4 Å². The molecular weight excluding hydrogens is 346 g/mol. The maximum atomic E-state index is 12.2. The van der Waals surface area contributed by atoms with Gasteiger partial charge in [0.25, 0.3) is 0 Å². The molecule has 4 nitrogen and oxygen atoms in total. The number of carbonyl (C=O) groups excluding carboxylic acids is 1. The fourth-order valence-corrected chi connectivity index (χ4v) is 4.56. The number of carbonyl (C=O) groups is 1. The molecule has 1 amide bonds. The third-order valence-electron chi connectivity index (χ3n) is 6.40. The minimum atomic E-state index is 0.246. The van der Waals surface area contributed by atoms with E-state index in [9.17, 15) is 4.79 Å². The van der Waals surface area contributed by atoms with Crippen molar-refractivity contribution in [1.29, 1.82) is 0 Å². The van der Waals surface area contributed by atoms with Crippen LogP contribution in [0.3, 0.4) is 0 Å². The van der Waals surface area contributed by atoms with E-state index in [1.807, 2.05) is 0 Å². The van der Waals surface area contributed by atoms with E-state index < -0.39 is 0 Å². The van der Waals surface area contributed by atoms with Crippen LogP contribution in [0, 0.1) is 5.92 Å². The summed E-state index contributed by atoms with van der Waals surface area (Å²) in [5.74, 6) is 0.954. The number of hydrogen-bond acceptors (Lipinski definition) is 3. The third-order valence-corrected chi connectivity index (χ3v) is 6.40. The van der Waals surface area contributed by atoms with Crippen LogP contribution in [0.5, 0.6) is 0 Å². The Morgan fingerprint density at radius 2 is 1.93 bits per heavy atom. The van der Waals surface area contributed by atoms with Crippen molar-refractivity contribution in [3.05, 3.63) is 42.0 Å². The van der Waals surface area contributed by atoms with Crippen molar-refractivity contribution in [3.8, 4) is 0 Å². The summed E-state index contributed by atoms with van der Waals surface area (Å²) >= 11 is 0. The average Bonchev–Trinajstić information content (AvgIpc) is 3.20. The molecule has 2 saturated heterocycles. The number of nitrogens with one attached hydrogen (secondary N) is 1. The fourth-order valence-electron chi connectivity index (χ4n) is 4.56. The van der Waals surface area contributed by atoms with E-state index in [0.717, 1.165) is 39.1 Å². The minimum absolute atomic E-state index is 0.246. The predicted octanol–water partition coefficient (Wildman–Crippen LogP) is 3.79. The summed E-state index contributed by atoms with van der Waals surface area (Å²) in [5, 5.41) is 3.18. The molecule has 1 atom stereocenters. The lowest BCUT2D eigenvalue weighted by molar-refractivity contribution is -0.121. The fraction of sp³-hybridized carbons (Fsp3) is 0.625. The van der Waals surface area contributed by atoms with Gasteiger partial charge >= 0.3 is 0 Å². The van der Waals surface area contributed by atoms with Crippen LogP contribution in [0.1, 0.15) is 51.0 Å². The van der Waals surface area contributed by atoms with Gasteiger partial charge in [-0.3, -0.25) is 14.6 Å². The lowest BCUT2D eigenvalue weighted by atomic mass is 9.92. The van der Waals surface area contributed by atoms with Gasteiger partial charge in [0.05, 0.1) is 0 Å². The van der Waals surface area contributed by atoms with Crippen LogP contribution >= 0.6 is 0 Å². The molecule has 0 radical (unpaired) electrons. The Hall–Kier alpha value is -1.65. The van der Waals surface area contributed by atoms with Crippen LogP contribution < -0.4 is 5.32 Å².